The van der Waals surface area contributed by atoms with Gasteiger partial charge in [-0.25, -0.2) is 4.39 Å². The molecule has 1 aliphatic heterocycles. The van der Waals surface area contributed by atoms with Gasteiger partial charge in [0.15, 0.2) is 5.95 Å². The molecule has 0 spiro atoms. The molecule has 1 rings (SSSR count). The van der Waals surface area contributed by atoms with Crippen molar-refractivity contribution in [1.82, 2.24) is 5.32 Å². The lowest BCUT2D eigenvalue weighted by molar-refractivity contribution is 0.432. The van der Waals surface area contributed by atoms with Gasteiger partial charge in [-0.1, -0.05) is 6.08 Å². The van der Waals surface area contributed by atoms with E-state index in [2.05, 4.69) is 0 Å². The van der Waals surface area contributed by atoms with Crippen molar-refractivity contribution in [3.63, 3.8) is 0 Å². The SMILES string of the molecule is F[C]1C=CC=C(F)N1. The van der Waals surface area contributed by atoms with E-state index in [1.807, 2.05) is 5.32 Å². The molecule has 3 heteroatoms. The van der Waals surface area contributed by atoms with Crippen molar-refractivity contribution in [2.75, 3.05) is 0 Å². The predicted molar refractivity (Wildman–Crippen MR) is 25.8 cm³/mol. The number of allylic oxidation sites excluding steroid dienone is 2. The standard InChI is InChI=1S/C5H4F2N/c6-4-2-1-3-5(7)8-4/h1-3,8H. The molecule has 0 saturated heterocycles. The lowest BCUT2D eigenvalue weighted by Gasteiger charge is -2.05. The first-order valence-corrected chi connectivity index (χ1v) is 2.12. The van der Waals surface area contributed by atoms with Crippen molar-refractivity contribution in [3.05, 3.63) is 30.5 Å². The predicted octanol–water partition coefficient (Wildman–Crippen LogP) is 1.42. The Morgan fingerprint density at radius 1 is 1.38 bits per heavy atom. The Kier molecular flexibility index (Phi) is 1.28. The van der Waals surface area contributed by atoms with Crippen LogP contribution in [-0.2, 0) is 0 Å². The summed E-state index contributed by atoms with van der Waals surface area (Å²) in [5, 5.41) is 1.84. The molecule has 0 amide bonds. The van der Waals surface area contributed by atoms with Crippen LogP contribution in [0.2, 0.25) is 0 Å². The van der Waals surface area contributed by atoms with E-state index in [9.17, 15) is 8.78 Å². The highest BCUT2D eigenvalue weighted by atomic mass is 19.2. The first-order chi connectivity index (χ1) is 3.79. The topological polar surface area (TPSA) is 12.0 Å². The minimum absolute atomic E-state index is 0.662. The van der Waals surface area contributed by atoms with Gasteiger partial charge in [-0.15, -0.1) is 0 Å². The lowest BCUT2D eigenvalue weighted by atomic mass is 10.4. The van der Waals surface area contributed by atoms with E-state index < -0.39 is 12.2 Å². The molecule has 0 aromatic carbocycles. The van der Waals surface area contributed by atoms with Crippen molar-refractivity contribution in [2.45, 2.75) is 0 Å². The van der Waals surface area contributed by atoms with Crippen LogP contribution in [0.25, 0.3) is 0 Å². The van der Waals surface area contributed by atoms with Gasteiger partial charge < -0.3 is 5.32 Å². The molecule has 0 aliphatic carbocycles. The smallest absolute Gasteiger partial charge is 0.258 e. The van der Waals surface area contributed by atoms with Gasteiger partial charge >= 0.3 is 0 Å². The van der Waals surface area contributed by atoms with Crippen LogP contribution in [0, 0.1) is 6.30 Å². The summed E-state index contributed by atoms with van der Waals surface area (Å²) in [6.45, 7) is 0. The zero-order valence-electron chi connectivity index (χ0n) is 3.99. The third-order valence-corrected chi connectivity index (χ3v) is 0.724. The largest absolute Gasteiger partial charge is 0.322 e. The third kappa shape index (κ3) is 1.05. The Morgan fingerprint density at radius 2 is 2.12 bits per heavy atom. The Hall–Kier alpha value is -0.860. The van der Waals surface area contributed by atoms with Gasteiger partial charge in [-0.05, 0) is 12.2 Å². The molecular formula is C5H4F2N. The highest BCUT2D eigenvalue weighted by Gasteiger charge is 2.06. The minimum Gasteiger partial charge on any atom is -0.322 e. The van der Waals surface area contributed by atoms with Crippen molar-refractivity contribution in [2.24, 2.45) is 0 Å². The van der Waals surface area contributed by atoms with Gasteiger partial charge in [0.25, 0.3) is 6.30 Å². The lowest BCUT2D eigenvalue weighted by Crippen LogP contribution is -2.13. The van der Waals surface area contributed by atoms with Gasteiger partial charge in [0.2, 0.25) is 0 Å². The number of dihydropyridines is 1. The molecule has 1 aliphatic rings. The Balaban J connectivity index is 2.59. The molecule has 0 bridgehead atoms. The van der Waals surface area contributed by atoms with Crippen molar-refractivity contribution < 1.29 is 8.78 Å². The second kappa shape index (κ2) is 1.94. The molecule has 0 atom stereocenters. The Labute approximate surface area is 45.7 Å². The van der Waals surface area contributed by atoms with Crippen LogP contribution >= 0.6 is 0 Å². The van der Waals surface area contributed by atoms with E-state index in [-0.39, 0.29) is 0 Å². The van der Waals surface area contributed by atoms with Crippen LogP contribution in [0.15, 0.2) is 24.2 Å². The molecule has 8 heavy (non-hydrogen) atoms. The normalized spacial score (nSPS) is 20.0. The molecule has 1 nitrogen and oxygen atoms in total. The average Bonchev–Trinajstić information content (AvgIpc) is 1.64. The summed E-state index contributed by atoms with van der Waals surface area (Å²) in [6.07, 6.45) is 2.91. The molecular weight excluding hydrogens is 112 g/mol. The quantitative estimate of drug-likeness (QED) is 0.472. The zero-order valence-corrected chi connectivity index (χ0v) is 3.99. The zero-order chi connectivity index (χ0) is 5.98. The molecule has 43 valence electrons. The van der Waals surface area contributed by atoms with Gasteiger partial charge in [-0.3, -0.25) is 0 Å². The third-order valence-electron chi connectivity index (χ3n) is 0.724. The van der Waals surface area contributed by atoms with Crippen LogP contribution in [0.5, 0.6) is 0 Å². The van der Waals surface area contributed by atoms with Crippen LogP contribution in [0.1, 0.15) is 0 Å². The summed E-state index contributed by atoms with van der Waals surface area (Å²) in [5.41, 5.74) is 0. The van der Waals surface area contributed by atoms with Crippen LogP contribution in [0.4, 0.5) is 8.78 Å². The summed E-state index contributed by atoms with van der Waals surface area (Å²) in [5.74, 6) is -0.662. The summed E-state index contributed by atoms with van der Waals surface area (Å²) in [4.78, 5) is 0. The second-order valence-electron chi connectivity index (χ2n) is 1.35. The number of hydrogen-bond acceptors (Lipinski definition) is 1. The molecule has 0 saturated carbocycles. The fourth-order valence-electron chi connectivity index (χ4n) is 0.414. The van der Waals surface area contributed by atoms with E-state index in [4.69, 9.17) is 0 Å². The van der Waals surface area contributed by atoms with E-state index >= 15 is 0 Å². The van der Waals surface area contributed by atoms with Gasteiger partial charge in [0.1, 0.15) is 0 Å². The first-order valence-electron chi connectivity index (χ1n) is 2.12. The van der Waals surface area contributed by atoms with E-state index in [0.717, 1.165) is 12.2 Å². The summed E-state index contributed by atoms with van der Waals surface area (Å²) < 4.78 is 23.7. The Morgan fingerprint density at radius 3 is 2.50 bits per heavy atom. The second-order valence-corrected chi connectivity index (χ2v) is 1.35. The van der Waals surface area contributed by atoms with Gasteiger partial charge in [0, 0.05) is 0 Å². The monoisotopic (exact) mass is 116 g/mol. The maximum absolute atomic E-state index is 11.9. The fraction of sp³-hybridized carbons (Fsp3) is 0. The molecule has 1 radical (unpaired) electrons. The minimum atomic E-state index is -0.662. The number of hydrogen-bond donors (Lipinski definition) is 1. The van der Waals surface area contributed by atoms with Crippen molar-refractivity contribution >= 4 is 0 Å². The molecule has 1 N–H and O–H groups in total. The molecule has 0 aromatic rings. The summed E-state index contributed by atoms with van der Waals surface area (Å²) in [7, 11) is 0. The van der Waals surface area contributed by atoms with Gasteiger partial charge in [-0.2, -0.15) is 4.39 Å². The molecule has 1 heterocycles. The van der Waals surface area contributed by atoms with Gasteiger partial charge in [0.05, 0.1) is 0 Å². The molecule has 0 unspecified atom stereocenters. The maximum atomic E-state index is 11.9. The summed E-state index contributed by atoms with van der Waals surface area (Å²) in [6, 6.07) is 0. The van der Waals surface area contributed by atoms with Crippen LogP contribution in [0.3, 0.4) is 0 Å². The Bertz CT molecular complexity index is 139. The number of halogens is 2. The van der Waals surface area contributed by atoms with E-state index in [1.165, 1.54) is 6.08 Å². The number of nitrogens with one attached hydrogen (secondary N) is 1. The average molecular weight is 116 g/mol. The van der Waals surface area contributed by atoms with Crippen LogP contribution < -0.4 is 5.32 Å². The highest BCUT2D eigenvalue weighted by molar-refractivity contribution is 5.19. The van der Waals surface area contributed by atoms with Crippen molar-refractivity contribution in [1.29, 1.82) is 0 Å². The first kappa shape index (κ1) is 5.28. The number of rotatable bonds is 0. The maximum Gasteiger partial charge on any atom is 0.258 e. The van der Waals surface area contributed by atoms with E-state index in [1.54, 1.807) is 0 Å². The van der Waals surface area contributed by atoms with Crippen molar-refractivity contribution in [3.8, 4) is 0 Å². The van der Waals surface area contributed by atoms with Crippen LogP contribution in [-0.4, -0.2) is 0 Å². The highest BCUT2D eigenvalue weighted by Crippen LogP contribution is 2.08. The summed E-state index contributed by atoms with van der Waals surface area (Å²) >= 11 is 0. The fourth-order valence-corrected chi connectivity index (χ4v) is 0.414. The molecule has 0 aromatic heterocycles. The molecule has 0 fully saturated rings. The van der Waals surface area contributed by atoms with E-state index in [0.29, 0.717) is 0 Å².